The summed E-state index contributed by atoms with van der Waals surface area (Å²) in [5.74, 6) is -0.232. The molecule has 1 N–H and O–H groups in total. The van der Waals surface area contributed by atoms with E-state index < -0.39 is 0 Å². The number of hydrogen-bond acceptors (Lipinski definition) is 4. The van der Waals surface area contributed by atoms with Gasteiger partial charge < -0.3 is 0 Å². The molecule has 7 heteroatoms. The van der Waals surface area contributed by atoms with Crippen LogP contribution in [0.15, 0.2) is 30.5 Å². The monoisotopic (exact) mass is 384 g/mol. The second-order valence-corrected chi connectivity index (χ2v) is 6.13. The lowest BCUT2D eigenvalue weighted by molar-refractivity contribution is 0.102. The molecule has 3 rings (SSSR count). The predicted molar refractivity (Wildman–Crippen MR) is 83.5 cm³/mol. The van der Waals surface area contributed by atoms with Crippen LogP contribution in [0.5, 0.6) is 0 Å². The number of hydrogen-bond donors (Lipinski definition) is 1. The minimum absolute atomic E-state index is 0.232. The summed E-state index contributed by atoms with van der Waals surface area (Å²) in [6.07, 6.45) is 1.80. The van der Waals surface area contributed by atoms with Crippen LogP contribution in [0.1, 0.15) is 10.5 Å². The van der Waals surface area contributed by atoms with Gasteiger partial charge in [0.25, 0.3) is 5.91 Å². The van der Waals surface area contributed by atoms with Gasteiger partial charge in [-0.25, -0.2) is 4.98 Å². The Bertz CT molecular complexity index is 731. The molecular formula is C12H9IN4OS. The second-order valence-electron chi connectivity index (χ2n) is 3.94. The zero-order valence-electron chi connectivity index (χ0n) is 9.92. The standard InChI is InChI=1S/C12H9IN4OS/c1-17-6-7(13)10(16-17)11(18)15-12-14-8-4-2-3-5-9(8)19-12/h2-6H,1H3,(H,14,15,18). The van der Waals surface area contributed by atoms with Gasteiger partial charge in [-0.1, -0.05) is 23.5 Å². The van der Waals surface area contributed by atoms with Crippen molar-refractivity contribution in [2.24, 2.45) is 7.05 Å². The molecule has 2 heterocycles. The minimum atomic E-state index is -0.232. The van der Waals surface area contributed by atoms with E-state index in [1.54, 1.807) is 17.9 Å². The van der Waals surface area contributed by atoms with Gasteiger partial charge in [-0.15, -0.1) is 0 Å². The summed E-state index contributed by atoms with van der Waals surface area (Å²) in [7, 11) is 1.79. The summed E-state index contributed by atoms with van der Waals surface area (Å²) >= 11 is 3.55. The van der Waals surface area contributed by atoms with E-state index in [-0.39, 0.29) is 5.91 Å². The molecule has 0 spiro atoms. The Morgan fingerprint density at radius 3 is 2.89 bits per heavy atom. The van der Waals surface area contributed by atoms with E-state index in [0.29, 0.717) is 10.8 Å². The molecule has 0 saturated carbocycles. The van der Waals surface area contributed by atoms with Crippen molar-refractivity contribution < 1.29 is 4.79 Å². The molecule has 0 saturated heterocycles. The van der Waals surface area contributed by atoms with Crippen LogP contribution in [0.3, 0.4) is 0 Å². The van der Waals surface area contributed by atoms with Crippen molar-refractivity contribution in [1.82, 2.24) is 14.8 Å². The number of fused-ring (bicyclic) bond motifs is 1. The molecule has 96 valence electrons. The number of halogens is 1. The van der Waals surface area contributed by atoms with Crippen molar-refractivity contribution in [2.75, 3.05) is 5.32 Å². The molecule has 0 bridgehead atoms. The number of rotatable bonds is 2. The first-order valence-corrected chi connectivity index (χ1v) is 7.39. The highest BCUT2D eigenvalue weighted by Crippen LogP contribution is 2.25. The molecule has 0 aliphatic carbocycles. The molecule has 19 heavy (non-hydrogen) atoms. The fourth-order valence-electron chi connectivity index (χ4n) is 1.70. The van der Waals surface area contributed by atoms with Crippen LogP contribution in [-0.4, -0.2) is 20.7 Å². The van der Waals surface area contributed by atoms with Gasteiger partial charge in [0.2, 0.25) is 0 Å². The van der Waals surface area contributed by atoms with Gasteiger partial charge in [0.15, 0.2) is 10.8 Å². The average molecular weight is 384 g/mol. The lowest BCUT2D eigenvalue weighted by atomic mass is 10.3. The van der Waals surface area contributed by atoms with Crippen LogP contribution < -0.4 is 5.32 Å². The minimum Gasteiger partial charge on any atom is -0.296 e. The van der Waals surface area contributed by atoms with E-state index >= 15 is 0 Å². The Morgan fingerprint density at radius 1 is 1.42 bits per heavy atom. The maximum absolute atomic E-state index is 12.1. The van der Waals surface area contributed by atoms with E-state index in [1.807, 2.05) is 24.3 Å². The van der Waals surface area contributed by atoms with Crippen molar-refractivity contribution >= 4 is 55.2 Å². The fourth-order valence-corrected chi connectivity index (χ4v) is 3.31. The third-order valence-electron chi connectivity index (χ3n) is 2.51. The number of nitrogens with zero attached hydrogens (tertiary/aromatic N) is 3. The van der Waals surface area contributed by atoms with Crippen LogP contribution in [0.25, 0.3) is 10.2 Å². The van der Waals surface area contributed by atoms with Crippen LogP contribution >= 0.6 is 33.9 Å². The number of para-hydroxylation sites is 1. The van der Waals surface area contributed by atoms with Crippen LogP contribution in [0, 0.1) is 3.57 Å². The molecule has 1 aromatic carbocycles. The summed E-state index contributed by atoms with van der Waals surface area (Å²) < 4.78 is 3.49. The van der Waals surface area contributed by atoms with Crippen molar-refractivity contribution in [3.63, 3.8) is 0 Å². The highest BCUT2D eigenvalue weighted by atomic mass is 127. The summed E-state index contributed by atoms with van der Waals surface area (Å²) in [6, 6.07) is 7.78. The Morgan fingerprint density at radius 2 is 2.21 bits per heavy atom. The highest BCUT2D eigenvalue weighted by molar-refractivity contribution is 14.1. The van der Waals surface area contributed by atoms with Gasteiger partial charge in [-0.3, -0.25) is 14.8 Å². The van der Waals surface area contributed by atoms with Gasteiger partial charge in [0.05, 0.1) is 13.8 Å². The maximum Gasteiger partial charge on any atom is 0.279 e. The zero-order chi connectivity index (χ0) is 13.4. The van der Waals surface area contributed by atoms with E-state index in [4.69, 9.17) is 0 Å². The highest BCUT2D eigenvalue weighted by Gasteiger charge is 2.16. The molecule has 1 amide bonds. The molecule has 3 aromatic rings. The number of thiazole rings is 1. The number of aromatic nitrogens is 3. The molecular weight excluding hydrogens is 375 g/mol. The Labute approximate surface area is 126 Å². The average Bonchev–Trinajstić information content (AvgIpc) is 2.91. The Kier molecular flexibility index (Phi) is 3.23. The Balaban J connectivity index is 1.88. The summed E-state index contributed by atoms with van der Waals surface area (Å²) in [5.41, 5.74) is 1.31. The topological polar surface area (TPSA) is 59.8 Å². The molecule has 5 nitrogen and oxygen atoms in total. The first-order chi connectivity index (χ1) is 9.13. The smallest absolute Gasteiger partial charge is 0.279 e. The van der Waals surface area contributed by atoms with E-state index in [1.165, 1.54) is 11.3 Å². The summed E-state index contributed by atoms with van der Waals surface area (Å²) in [4.78, 5) is 16.5. The lowest BCUT2D eigenvalue weighted by Gasteiger charge is -1.97. The largest absolute Gasteiger partial charge is 0.296 e. The number of nitrogens with one attached hydrogen (secondary N) is 1. The molecule has 0 aliphatic rings. The number of carbonyl (C=O) groups excluding carboxylic acids is 1. The van der Waals surface area contributed by atoms with Crippen LogP contribution in [-0.2, 0) is 7.05 Å². The van der Waals surface area contributed by atoms with E-state index in [0.717, 1.165) is 13.8 Å². The summed E-state index contributed by atoms with van der Waals surface area (Å²) in [5, 5.41) is 7.51. The molecule has 0 radical (unpaired) electrons. The first-order valence-electron chi connectivity index (χ1n) is 5.49. The Hall–Kier alpha value is -1.48. The van der Waals surface area contributed by atoms with Crippen molar-refractivity contribution in [3.8, 4) is 0 Å². The van der Waals surface area contributed by atoms with Crippen molar-refractivity contribution in [2.45, 2.75) is 0 Å². The van der Waals surface area contributed by atoms with Gasteiger partial charge in [0.1, 0.15) is 0 Å². The maximum atomic E-state index is 12.1. The first kappa shape index (κ1) is 12.5. The van der Waals surface area contributed by atoms with Crippen LogP contribution in [0.4, 0.5) is 5.13 Å². The molecule has 0 atom stereocenters. The third-order valence-corrected chi connectivity index (χ3v) is 4.25. The zero-order valence-corrected chi connectivity index (χ0v) is 12.9. The van der Waals surface area contributed by atoms with Gasteiger partial charge >= 0.3 is 0 Å². The van der Waals surface area contributed by atoms with E-state index in [9.17, 15) is 4.79 Å². The van der Waals surface area contributed by atoms with Gasteiger partial charge in [0, 0.05) is 13.2 Å². The number of amides is 1. The van der Waals surface area contributed by atoms with Crippen molar-refractivity contribution in [1.29, 1.82) is 0 Å². The lowest BCUT2D eigenvalue weighted by Crippen LogP contribution is -2.13. The number of anilines is 1. The number of aryl methyl sites for hydroxylation is 1. The quantitative estimate of drug-likeness (QED) is 0.692. The van der Waals surface area contributed by atoms with Gasteiger partial charge in [-0.2, -0.15) is 5.10 Å². The molecule has 2 aromatic heterocycles. The second kappa shape index (κ2) is 4.89. The molecule has 0 aliphatic heterocycles. The predicted octanol–water partition coefficient (Wildman–Crippen LogP) is 2.89. The van der Waals surface area contributed by atoms with Crippen molar-refractivity contribution in [3.05, 3.63) is 39.7 Å². The fraction of sp³-hybridized carbons (Fsp3) is 0.0833. The molecule has 0 unspecified atom stereocenters. The molecule has 0 fully saturated rings. The number of benzene rings is 1. The summed E-state index contributed by atoms with van der Waals surface area (Å²) in [6.45, 7) is 0. The normalized spacial score (nSPS) is 10.8. The number of carbonyl (C=O) groups is 1. The SMILES string of the molecule is Cn1cc(I)c(C(=O)Nc2nc3ccccc3s2)n1. The van der Waals surface area contributed by atoms with Gasteiger partial charge in [-0.05, 0) is 34.7 Å². The van der Waals surface area contributed by atoms with Crippen LogP contribution in [0.2, 0.25) is 0 Å². The van der Waals surface area contributed by atoms with E-state index in [2.05, 4.69) is 38.0 Å². The third kappa shape index (κ3) is 2.47.